The van der Waals surface area contributed by atoms with Gasteiger partial charge in [-0.1, -0.05) is 55.5 Å². The summed E-state index contributed by atoms with van der Waals surface area (Å²) in [6.45, 7) is 2.53. The molecule has 0 saturated heterocycles. The molecule has 5 nitrogen and oxygen atoms in total. The molecule has 1 fully saturated rings. The largest absolute Gasteiger partial charge is 0.366 e. The lowest BCUT2D eigenvalue weighted by atomic mass is 10.1. The van der Waals surface area contributed by atoms with E-state index in [1.165, 1.54) is 44.1 Å². The molecule has 1 heterocycles. The first kappa shape index (κ1) is 17.4. The van der Waals surface area contributed by atoms with Crippen LogP contribution in [-0.2, 0) is 6.54 Å². The zero-order valence-corrected chi connectivity index (χ0v) is 14.8. The first-order valence-corrected chi connectivity index (χ1v) is 9.15. The second-order valence-corrected chi connectivity index (χ2v) is 6.80. The summed E-state index contributed by atoms with van der Waals surface area (Å²) in [5.74, 6) is 0.552. The third kappa shape index (κ3) is 5.28. The highest BCUT2D eigenvalue weighted by Gasteiger charge is 2.13. The number of aryl methyl sites for hydroxylation is 1. The van der Waals surface area contributed by atoms with Gasteiger partial charge in [-0.25, -0.2) is 0 Å². The summed E-state index contributed by atoms with van der Waals surface area (Å²) in [5, 5.41) is 14.6. The van der Waals surface area contributed by atoms with Crippen molar-refractivity contribution in [3.05, 3.63) is 53.2 Å². The van der Waals surface area contributed by atoms with Crippen LogP contribution in [0.1, 0.15) is 60.1 Å². The Kier molecular flexibility index (Phi) is 5.99. The molecule has 25 heavy (non-hydrogen) atoms. The molecule has 0 spiro atoms. The molecule has 0 unspecified atom stereocenters. The summed E-state index contributed by atoms with van der Waals surface area (Å²) < 4.78 is 0. The number of hydrogen-bond acceptors (Lipinski definition) is 4. The van der Waals surface area contributed by atoms with Gasteiger partial charge in [0.05, 0.1) is 0 Å². The minimum Gasteiger partial charge on any atom is -0.366 e. The summed E-state index contributed by atoms with van der Waals surface area (Å²) in [5.41, 5.74) is 2.62. The van der Waals surface area contributed by atoms with E-state index in [1.54, 1.807) is 6.07 Å². The number of benzene rings is 1. The smallest absolute Gasteiger partial charge is 0.272 e. The number of anilines is 1. The Morgan fingerprint density at radius 1 is 1.00 bits per heavy atom. The molecular weight excluding hydrogens is 312 g/mol. The van der Waals surface area contributed by atoms with Gasteiger partial charge in [0, 0.05) is 12.6 Å². The van der Waals surface area contributed by atoms with Crippen LogP contribution in [0.4, 0.5) is 5.82 Å². The number of carbonyl (C=O) groups is 1. The van der Waals surface area contributed by atoms with Crippen molar-refractivity contribution in [2.45, 2.75) is 58.0 Å². The van der Waals surface area contributed by atoms with Crippen LogP contribution in [0, 0.1) is 6.92 Å². The fourth-order valence-electron chi connectivity index (χ4n) is 3.14. The zero-order valence-electron chi connectivity index (χ0n) is 14.8. The molecule has 1 aliphatic rings. The minimum atomic E-state index is -0.200. The Morgan fingerprint density at radius 2 is 1.72 bits per heavy atom. The van der Waals surface area contributed by atoms with Crippen molar-refractivity contribution in [3.8, 4) is 0 Å². The number of amides is 1. The Labute approximate surface area is 149 Å². The molecule has 3 rings (SSSR count). The van der Waals surface area contributed by atoms with Gasteiger partial charge >= 0.3 is 0 Å². The average Bonchev–Trinajstić information content (AvgIpc) is 2.90. The molecule has 0 radical (unpaired) electrons. The van der Waals surface area contributed by atoms with Crippen LogP contribution in [-0.4, -0.2) is 22.1 Å². The second-order valence-electron chi connectivity index (χ2n) is 6.80. The molecular formula is C20H26N4O. The van der Waals surface area contributed by atoms with E-state index in [0.717, 1.165) is 11.4 Å². The molecule has 1 aliphatic carbocycles. The molecule has 0 aliphatic heterocycles. The maximum absolute atomic E-state index is 12.2. The predicted molar refractivity (Wildman–Crippen MR) is 99.5 cm³/mol. The monoisotopic (exact) mass is 338 g/mol. The molecule has 132 valence electrons. The van der Waals surface area contributed by atoms with Crippen LogP contribution < -0.4 is 10.6 Å². The highest BCUT2D eigenvalue weighted by Crippen LogP contribution is 2.20. The van der Waals surface area contributed by atoms with E-state index in [0.29, 0.717) is 18.3 Å². The number of carbonyl (C=O) groups excluding carboxylic acids is 1. The third-order valence-electron chi connectivity index (χ3n) is 4.68. The van der Waals surface area contributed by atoms with Crippen molar-refractivity contribution < 1.29 is 4.79 Å². The van der Waals surface area contributed by atoms with Crippen LogP contribution in [0.2, 0.25) is 0 Å². The average molecular weight is 338 g/mol. The Morgan fingerprint density at radius 3 is 2.36 bits per heavy atom. The first-order valence-electron chi connectivity index (χ1n) is 9.15. The van der Waals surface area contributed by atoms with Gasteiger partial charge in [0.2, 0.25) is 0 Å². The van der Waals surface area contributed by atoms with Gasteiger partial charge in [0.15, 0.2) is 5.69 Å². The SMILES string of the molecule is Cc1ccc(CNC(=O)c2ccc(NC3CCCCCC3)nn2)cc1. The van der Waals surface area contributed by atoms with Crippen LogP contribution in [0.3, 0.4) is 0 Å². The van der Waals surface area contributed by atoms with Crippen LogP contribution >= 0.6 is 0 Å². The lowest BCUT2D eigenvalue weighted by molar-refractivity contribution is 0.0945. The number of aromatic nitrogens is 2. The molecule has 0 atom stereocenters. The van der Waals surface area contributed by atoms with Crippen molar-refractivity contribution in [1.29, 1.82) is 0 Å². The summed E-state index contributed by atoms with van der Waals surface area (Å²) in [4.78, 5) is 12.2. The molecule has 1 aromatic carbocycles. The summed E-state index contributed by atoms with van der Waals surface area (Å²) >= 11 is 0. The van der Waals surface area contributed by atoms with Gasteiger partial charge in [-0.15, -0.1) is 10.2 Å². The number of rotatable bonds is 5. The Balaban J connectivity index is 1.52. The Hall–Kier alpha value is -2.43. The summed E-state index contributed by atoms with van der Waals surface area (Å²) in [7, 11) is 0. The molecule has 0 bridgehead atoms. The fraction of sp³-hybridized carbons (Fsp3) is 0.450. The van der Waals surface area contributed by atoms with Gasteiger partial charge in [-0.2, -0.15) is 0 Å². The van der Waals surface area contributed by atoms with Gasteiger partial charge in [-0.3, -0.25) is 4.79 Å². The molecule has 2 N–H and O–H groups in total. The van der Waals surface area contributed by atoms with E-state index >= 15 is 0 Å². The second kappa shape index (κ2) is 8.60. The highest BCUT2D eigenvalue weighted by molar-refractivity contribution is 5.92. The van der Waals surface area contributed by atoms with Crippen molar-refractivity contribution >= 4 is 11.7 Å². The first-order chi connectivity index (χ1) is 12.2. The maximum atomic E-state index is 12.2. The number of nitrogens with one attached hydrogen (secondary N) is 2. The minimum absolute atomic E-state index is 0.200. The van der Waals surface area contributed by atoms with Crippen LogP contribution in [0.25, 0.3) is 0 Å². The van der Waals surface area contributed by atoms with Crippen molar-refractivity contribution in [1.82, 2.24) is 15.5 Å². The lowest BCUT2D eigenvalue weighted by Gasteiger charge is -2.16. The van der Waals surface area contributed by atoms with Crippen molar-refractivity contribution in [2.24, 2.45) is 0 Å². The van der Waals surface area contributed by atoms with Crippen molar-refractivity contribution in [3.63, 3.8) is 0 Å². The number of hydrogen-bond donors (Lipinski definition) is 2. The van der Waals surface area contributed by atoms with E-state index in [1.807, 2.05) is 37.3 Å². The van der Waals surface area contributed by atoms with E-state index in [2.05, 4.69) is 20.8 Å². The topological polar surface area (TPSA) is 66.9 Å². The molecule has 1 amide bonds. The fourth-order valence-corrected chi connectivity index (χ4v) is 3.14. The highest BCUT2D eigenvalue weighted by atomic mass is 16.1. The third-order valence-corrected chi connectivity index (χ3v) is 4.68. The van der Waals surface area contributed by atoms with Crippen molar-refractivity contribution in [2.75, 3.05) is 5.32 Å². The van der Waals surface area contributed by atoms with Crippen LogP contribution in [0.15, 0.2) is 36.4 Å². The summed E-state index contributed by atoms with van der Waals surface area (Å²) in [6, 6.07) is 12.2. The Bertz CT molecular complexity index is 674. The van der Waals surface area contributed by atoms with Gasteiger partial charge in [0.25, 0.3) is 5.91 Å². The lowest BCUT2D eigenvalue weighted by Crippen LogP contribution is -2.24. The van der Waals surface area contributed by atoms with E-state index < -0.39 is 0 Å². The standard InChI is InChI=1S/C20H26N4O/c1-15-8-10-16(11-9-15)14-21-20(25)18-12-13-19(24-23-18)22-17-6-4-2-3-5-7-17/h8-13,17H,2-7,14H2,1H3,(H,21,25)(H,22,24). The quantitative estimate of drug-likeness (QED) is 0.813. The number of nitrogens with zero attached hydrogens (tertiary/aromatic N) is 2. The normalized spacial score (nSPS) is 15.4. The molecule has 1 saturated carbocycles. The van der Waals surface area contributed by atoms with E-state index in [9.17, 15) is 4.79 Å². The van der Waals surface area contributed by atoms with Crippen LogP contribution in [0.5, 0.6) is 0 Å². The van der Waals surface area contributed by atoms with Gasteiger partial charge < -0.3 is 10.6 Å². The molecule has 5 heteroatoms. The van der Waals surface area contributed by atoms with E-state index in [4.69, 9.17) is 0 Å². The van der Waals surface area contributed by atoms with E-state index in [-0.39, 0.29) is 5.91 Å². The molecule has 2 aromatic rings. The van der Waals surface area contributed by atoms with Gasteiger partial charge in [-0.05, 0) is 37.5 Å². The van der Waals surface area contributed by atoms with Gasteiger partial charge in [0.1, 0.15) is 5.82 Å². The molecule has 1 aromatic heterocycles. The predicted octanol–water partition coefficient (Wildman–Crippen LogP) is 3.85. The maximum Gasteiger partial charge on any atom is 0.272 e. The summed E-state index contributed by atoms with van der Waals surface area (Å²) in [6.07, 6.45) is 7.55. The zero-order chi connectivity index (χ0) is 17.5.